The molecule has 1 fully saturated rings. The zero-order valence-corrected chi connectivity index (χ0v) is 18.6. The average molecular weight is 437 g/mol. The Bertz CT molecular complexity index is 1200. The lowest BCUT2D eigenvalue weighted by Gasteiger charge is -2.34. The van der Waals surface area contributed by atoms with Gasteiger partial charge in [-0.2, -0.15) is 0 Å². The van der Waals surface area contributed by atoms with E-state index >= 15 is 0 Å². The number of benzene rings is 2. The molecule has 4 rings (SSSR count). The molecular formula is C24H28N4O4. The molecule has 1 saturated heterocycles. The van der Waals surface area contributed by atoms with E-state index in [0.29, 0.717) is 43.8 Å². The van der Waals surface area contributed by atoms with Crippen LogP contribution in [0.1, 0.15) is 30.1 Å². The number of piperidine rings is 1. The van der Waals surface area contributed by atoms with Crippen LogP contribution in [0.25, 0.3) is 11.0 Å². The number of imidazole rings is 1. The molecular weight excluding hydrogens is 408 g/mol. The number of ether oxygens (including phenoxy) is 1. The molecule has 0 radical (unpaired) electrons. The number of rotatable bonds is 5. The second-order valence-electron chi connectivity index (χ2n) is 8.09. The number of hydrogen-bond donors (Lipinski definition) is 1. The smallest absolute Gasteiger partial charge is 0.328 e. The summed E-state index contributed by atoms with van der Waals surface area (Å²) < 4.78 is 8.36. The van der Waals surface area contributed by atoms with E-state index in [0.717, 1.165) is 16.7 Å². The van der Waals surface area contributed by atoms with Gasteiger partial charge in [0, 0.05) is 32.7 Å². The number of aromatic nitrogens is 2. The van der Waals surface area contributed by atoms with Gasteiger partial charge in [0.2, 0.25) is 0 Å². The Labute approximate surface area is 186 Å². The third-order valence-electron chi connectivity index (χ3n) is 6.13. The van der Waals surface area contributed by atoms with Crippen LogP contribution in [-0.4, -0.2) is 40.7 Å². The van der Waals surface area contributed by atoms with E-state index in [1.807, 2.05) is 37.3 Å². The third-order valence-corrected chi connectivity index (χ3v) is 6.13. The summed E-state index contributed by atoms with van der Waals surface area (Å²) in [6, 6.07) is 12.8. The first-order chi connectivity index (χ1) is 15.4. The van der Waals surface area contributed by atoms with Gasteiger partial charge in [0.1, 0.15) is 0 Å². The number of nitrogens with one attached hydrogen (secondary N) is 1. The minimum atomic E-state index is -0.214. The van der Waals surface area contributed by atoms with Gasteiger partial charge in [0.25, 0.3) is 5.91 Å². The van der Waals surface area contributed by atoms with Crippen LogP contribution in [0.5, 0.6) is 0 Å². The lowest BCUT2D eigenvalue weighted by Crippen LogP contribution is -2.37. The molecule has 8 heteroatoms. The maximum absolute atomic E-state index is 12.9. The summed E-state index contributed by atoms with van der Waals surface area (Å²) in [5.41, 5.74) is 3.44. The summed E-state index contributed by atoms with van der Waals surface area (Å²) in [4.78, 5) is 39.7. The fraction of sp³-hybridized carbons (Fsp3) is 0.375. The van der Waals surface area contributed by atoms with Crippen molar-refractivity contribution in [1.29, 1.82) is 0 Å². The molecule has 3 aromatic rings. The number of anilines is 2. The topological polar surface area (TPSA) is 85.6 Å². The Balaban J connectivity index is 1.69. The molecule has 1 aliphatic heterocycles. The highest BCUT2D eigenvalue weighted by molar-refractivity contribution is 6.07. The summed E-state index contributed by atoms with van der Waals surface area (Å²) in [5.74, 6) is -0.474. The molecule has 0 spiro atoms. The molecule has 1 N–H and O–H groups in total. The lowest BCUT2D eigenvalue weighted by atomic mass is 9.96. The van der Waals surface area contributed by atoms with Crippen molar-refractivity contribution in [3.63, 3.8) is 0 Å². The van der Waals surface area contributed by atoms with Crippen LogP contribution < -0.4 is 15.9 Å². The van der Waals surface area contributed by atoms with Gasteiger partial charge in [0.05, 0.1) is 34.9 Å². The molecule has 0 aliphatic carbocycles. The van der Waals surface area contributed by atoms with Gasteiger partial charge in [0.15, 0.2) is 0 Å². The maximum atomic E-state index is 12.9. The van der Waals surface area contributed by atoms with Crippen LogP contribution >= 0.6 is 0 Å². The van der Waals surface area contributed by atoms with Crippen molar-refractivity contribution in [1.82, 2.24) is 9.13 Å². The van der Waals surface area contributed by atoms with Crippen molar-refractivity contribution >= 4 is 34.3 Å². The summed E-state index contributed by atoms with van der Waals surface area (Å²) in [7, 11) is 3.46. The fourth-order valence-electron chi connectivity index (χ4n) is 4.30. The highest BCUT2D eigenvalue weighted by Crippen LogP contribution is 2.34. The summed E-state index contributed by atoms with van der Waals surface area (Å²) in [6.07, 6.45) is 1.35. The highest BCUT2D eigenvalue weighted by Gasteiger charge is 2.28. The normalized spacial score (nSPS) is 14.5. The van der Waals surface area contributed by atoms with E-state index in [1.54, 1.807) is 35.4 Å². The first kappa shape index (κ1) is 21.7. The Hall–Kier alpha value is -3.55. The predicted molar refractivity (Wildman–Crippen MR) is 124 cm³/mol. The maximum Gasteiger partial charge on any atom is 0.328 e. The summed E-state index contributed by atoms with van der Waals surface area (Å²) in [6.45, 7) is 3.51. The summed E-state index contributed by atoms with van der Waals surface area (Å²) in [5, 5.41) is 3.03. The zero-order chi connectivity index (χ0) is 22.8. The van der Waals surface area contributed by atoms with E-state index in [4.69, 9.17) is 4.74 Å². The van der Waals surface area contributed by atoms with E-state index < -0.39 is 0 Å². The van der Waals surface area contributed by atoms with Crippen molar-refractivity contribution in [2.45, 2.75) is 19.8 Å². The Morgan fingerprint density at radius 1 is 1.03 bits per heavy atom. The van der Waals surface area contributed by atoms with Crippen LogP contribution in [0.3, 0.4) is 0 Å². The molecule has 168 valence electrons. The molecule has 1 amide bonds. The largest absolute Gasteiger partial charge is 0.466 e. The molecule has 0 unspecified atom stereocenters. The minimum Gasteiger partial charge on any atom is -0.466 e. The van der Waals surface area contributed by atoms with Crippen LogP contribution in [0, 0.1) is 5.92 Å². The SMILES string of the molecule is CCOC(=O)C1CCN(c2cc3c(cc2NC(=O)c2ccccc2)n(C)c(=O)n3C)CC1. The molecule has 2 heterocycles. The number of aryl methyl sites for hydroxylation is 2. The molecule has 0 atom stereocenters. The Kier molecular flexibility index (Phi) is 6.03. The van der Waals surface area contributed by atoms with Gasteiger partial charge >= 0.3 is 11.7 Å². The Morgan fingerprint density at radius 2 is 1.66 bits per heavy atom. The Morgan fingerprint density at radius 3 is 2.28 bits per heavy atom. The quantitative estimate of drug-likeness (QED) is 0.622. The molecule has 32 heavy (non-hydrogen) atoms. The van der Waals surface area contributed by atoms with Gasteiger partial charge in [-0.15, -0.1) is 0 Å². The number of fused-ring (bicyclic) bond motifs is 1. The molecule has 8 nitrogen and oxygen atoms in total. The van der Waals surface area contributed by atoms with Gasteiger partial charge in [-0.1, -0.05) is 18.2 Å². The second kappa shape index (κ2) is 8.90. The van der Waals surface area contributed by atoms with Crippen LogP contribution in [0.2, 0.25) is 0 Å². The lowest BCUT2D eigenvalue weighted by molar-refractivity contribution is -0.148. The third kappa shape index (κ3) is 4.00. The van der Waals surface area contributed by atoms with Crippen LogP contribution in [-0.2, 0) is 23.6 Å². The molecule has 1 aliphatic rings. The summed E-state index contributed by atoms with van der Waals surface area (Å²) >= 11 is 0. The number of esters is 1. The van der Waals surface area contributed by atoms with Crippen LogP contribution in [0.15, 0.2) is 47.3 Å². The van der Waals surface area contributed by atoms with E-state index in [1.165, 1.54) is 0 Å². The van der Waals surface area contributed by atoms with Crippen molar-refractivity contribution in [2.24, 2.45) is 20.0 Å². The predicted octanol–water partition coefficient (Wildman–Crippen LogP) is 2.91. The molecule has 0 saturated carbocycles. The molecule has 0 bridgehead atoms. The fourth-order valence-corrected chi connectivity index (χ4v) is 4.30. The average Bonchev–Trinajstić information content (AvgIpc) is 3.03. The monoisotopic (exact) mass is 436 g/mol. The standard InChI is InChI=1S/C24H28N4O4/c1-4-32-23(30)17-10-12-28(13-11-17)19-15-21-20(26(2)24(31)27(21)3)14-18(19)25-22(29)16-8-6-5-7-9-16/h5-9,14-15,17H,4,10-13H2,1-3H3,(H,25,29). The number of nitrogens with zero attached hydrogens (tertiary/aromatic N) is 3. The van der Waals surface area contributed by atoms with Crippen molar-refractivity contribution in [3.8, 4) is 0 Å². The number of carbonyl (C=O) groups is 2. The zero-order valence-electron chi connectivity index (χ0n) is 18.6. The highest BCUT2D eigenvalue weighted by atomic mass is 16.5. The van der Waals surface area contributed by atoms with Crippen LogP contribution in [0.4, 0.5) is 11.4 Å². The molecule has 2 aromatic carbocycles. The van der Waals surface area contributed by atoms with Gasteiger partial charge in [-0.25, -0.2) is 4.79 Å². The number of carbonyl (C=O) groups excluding carboxylic acids is 2. The first-order valence-electron chi connectivity index (χ1n) is 10.9. The molecule has 1 aromatic heterocycles. The van der Waals surface area contributed by atoms with Crippen molar-refractivity contribution in [3.05, 3.63) is 58.5 Å². The first-order valence-corrected chi connectivity index (χ1v) is 10.9. The minimum absolute atomic E-state index is 0.113. The van der Waals surface area contributed by atoms with Gasteiger partial charge in [-0.05, 0) is 44.0 Å². The van der Waals surface area contributed by atoms with E-state index in [9.17, 15) is 14.4 Å². The number of amides is 1. The van der Waals surface area contributed by atoms with E-state index in [2.05, 4.69) is 10.2 Å². The van der Waals surface area contributed by atoms with Gasteiger partial charge in [-0.3, -0.25) is 18.7 Å². The number of hydrogen-bond acceptors (Lipinski definition) is 5. The van der Waals surface area contributed by atoms with Gasteiger partial charge < -0.3 is 15.0 Å². The van der Waals surface area contributed by atoms with Crippen molar-refractivity contribution in [2.75, 3.05) is 29.9 Å². The second-order valence-corrected chi connectivity index (χ2v) is 8.09. The van der Waals surface area contributed by atoms with E-state index in [-0.39, 0.29) is 23.5 Å². The van der Waals surface area contributed by atoms with Crippen molar-refractivity contribution < 1.29 is 14.3 Å².